The standard InChI is InChI=1S/C29H29NO3/c1-3-4-8-22-12-14-24(15-13-22)29(32)30(18-23-9-6-5-7-10-23)19-25-20-33-27-16-11-21(2)17-26(27)28(25)31/h5-7,9-17,20H,3-4,8,18-19H2,1-2H3. The van der Waals surface area contributed by atoms with E-state index in [1.807, 2.05) is 79.7 Å². The van der Waals surface area contributed by atoms with Gasteiger partial charge in [-0.2, -0.15) is 0 Å². The number of benzene rings is 3. The third-order valence-corrected chi connectivity index (χ3v) is 5.88. The Bertz CT molecular complexity index is 1290. The molecule has 0 N–H and O–H groups in total. The molecule has 1 aromatic heterocycles. The average Bonchev–Trinajstić information content (AvgIpc) is 2.85. The third-order valence-electron chi connectivity index (χ3n) is 5.88. The highest BCUT2D eigenvalue weighted by Gasteiger charge is 2.19. The van der Waals surface area contributed by atoms with Crippen molar-refractivity contribution in [2.75, 3.05) is 0 Å². The first-order valence-corrected chi connectivity index (χ1v) is 11.5. The number of rotatable bonds is 8. The Kier molecular flexibility index (Phi) is 7.04. The van der Waals surface area contributed by atoms with Crippen LogP contribution in [0.1, 0.15) is 52.4 Å². The van der Waals surface area contributed by atoms with E-state index in [0.717, 1.165) is 30.4 Å². The van der Waals surface area contributed by atoms with Crippen molar-refractivity contribution in [3.63, 3.8) is 0 Å². The van der Waals surface area contributed by atoms with E-state index in [1.54, 1.807) is 4.90 Å². The topological polar surface area (TPSA) is 50.5 Å². The van der Waals surface area contributed by atoms with Crippen molar-refractivity contribution in [3.8, 4) is 0 Å². The van der Waals surface area contributed by atoms with Crippen molar-refractivity contribution < 1.29 is 9.21 Å². The summed E-state index contributed by atoms with van der Waals surface area (Å²) in [6.45, 7) is 4.70. The Morgan fingerprint density at radius 1 is 0.909 bits per heavy atom. The van der Waals surface area contributed by atoms with Crippen LogP contribution in [-0.2, 0) is 19.5 Å². The van der Waals surface area contributed by atoms with Crippen molar-refractivity contribution in [1.82, 2.24) is 4.90 Å². The maximum atomic E-state index is 13.5. The van der Waals surface area contributed by atoms with Gasteiger partial charge in [0.2, 0.25) is 0 Å². The van der Waals surface area contributed by atoms with E-state index >= 15 is 0 Å². The summed E-state index contributed by atoms with van der Waals surface area (Å²) < 4.78 is 5.73. The quantitative estimate of drug-likeness (QED) is 0.324. The number of nitrogens with zero attached hydrogens (tertiary/aromatic N) is 1. The molecule has 0 fully saturated rings. The maximum Gasteiger partial charge on any atom is 0.254 e. The Morgan fingerprint density at radius 3 is 2.39 bits per heavy atom. The van der Waals surface area contributed by atoms with E-state index < -0.39 is 0 Å². The Balaban J connectivity index is 1.65. The average molecular weight is 440 g/mol. The number of hydrogen-bond donors (Lipinski definition) is 0. The fourth-order valence-electron chi connectivity index (χ4n) is 3.98. The van der Waals surface area contributed by atoms with Crippen LogP contribution in [0.25, 0.3) is 11.0 Å². The van der Waals surface area contributed by atoms with Crippen molar-refractivity contribution in [3.05, 3.63) is 117 Å². The van der Waals surface area contributed by atoms with Crippen LogP contribution in [0.2, 0.25) is 0 Å². The zero-order valence-corrected chi connectivity index (χ0v) is 19.2. The fourth-order valence-corrected chi connectivity index (χ4v) is 3.98. The van der Waals surface area contributed by atoms with Gasteiger partial charge in [0.25, 0.3) is 5.91 Å². The van der Waals surface area contributed by atoms with Gasteiger partial charge in [-0.15, -0.1) is 0 Å². The van der Waals surface area contributed by atoms with Crippen LogP contribution in [0.15, 0.2) is 88.3 Å². The van der Waals surface area contributed by atoms with Gasteiger partial charge in [0.1, 0.15) is 5.58 Å². The number of carbonyl (C=O) groups is 1. The predicted molar refractivity (Wildman–Crippen MR) is 132 cm³/mol. The lowest BCUT2D eigenvalue weighted by Gasteiger charge is -2.23. The lowest BCUT2D eigenvalue weighted by atomic mass is 10.0. The molecular weight excluding hydrogens is 410 g/mol. The zero-order chi connectivity index (χ0) is 23.2. The smallest absolute Gasteiger partial charge is 0.254 e. The van der Waals surface area contributed by atoms with Crippen molar-refractivity contribution in [2.45, 2.75) is 46.2 Å². The molecule has 1 heterocycles. The minimum absolute atomic E-state index is 0.0966. The molecule has 0 unspecified atom stereocenters. The second-order valence-corrected chi connectivity index (χ2v) is 8.54. The molecule has 0 aliphatic heterocycles. The second-order valence-electron chi connectivity index (χ2n) is 8.54. The van der Waals surface area contributed by atoms with Gasteiger partial charge in [0.05, 0.1) is 23.8 Å². The molecule has 4 nitrogen and oxygen atoms in total. The molecule has 33 heavy (non-hydrogen) atoms. The highest BCUT2D eigenvalue weighted by atomic mass is 16.3. The van der Waals surface area contributed by atoms with Crippen LogP contribution >= 0.6 is 0 Å². The van der Waals surface area contributed by atoms with Crippen molar-refractivity contribution in [2.24, 2.45) is 0 Å². The molecule has 0 radical (unpaired) electrons. The summed E-state index contributed by atoms with van der Waals surface area (Å²) in [6, 6.07) is 23.2. The van der Waals surface area contributed by atoms with Crippen LogP contribution in [0.3, 0.4) is 0 Å². The Labute approximate surface area is 194 Å². The molecule has 1 amide bonds. The van der Waals surface area contributed by atoms with Crippen LogP contribution in [0.5, 0.6) is 0 Å². The molecule has 4 heteroatoms. The molecule has 0 saturated carbocycles. The first kappa shape index (κ1) is 22.5. The normalized spacial score (nSPS) is 11.0. The van der Waals surface area contributed by atoms with E-state index in [2.05, 4.69) is 6.92 Å². The molecule has 0 atom stereocenters. The summed E-state index contributed by atoms with van der Waals surface area (Å²) in [6.07, 6.45) is 4.76. The van der Waals surface area contributed by atoms with E-state index in [1.165, 1.54) is 11.8 Å². The molecule has 0 aliphatic carbocycles. The molecule has 4 rings (SSSR count). The summed E-state index contributed by atoms with van der Waals surface area (Å²) in [4.78, 5) is 28.4. The molecule has 0 aliphatic rings. The fraction of sp³-hybridized carbons (Fsp3) is 0.241. The van der Waals surface area contributed by atoms with Gasteiger partial charge in [-0.25, -0.2) is 0 Å². The number of unbranched alkanes of at least 4 members (excludes halogenated alkanes) is 1. The summed E-state index contributed by atoms with van der Waals surface area (Å²) in [5.74, 6) is -0.107. The van der Waals surface area contributed by atoms with Crippen LogP contribution in [0.4, 0.5) is 0 Å². The lowest BCUT2D eigenvalue weighted by Crippen LogP contribution is -2.32. The molecule has 0 bridgehead atoms. The number of carbonyl (C=O) groups excluding carboxylic acids is 1. The maximum absolute atomic E-state index is 13.5. The van der Waals surface area contributed by atoms with Crippen molar-refractivity contribution in [1.29, 1.82) is 0 Å². The van der Waals surface area contributed by atoms with Crippen LogP contribution < -0.4 is 5.43 Å². The Morgan fingerprint density at radius 2 is 1.67 bits per heavy atom. The largest absolute Gasteiger partial charge is 0.464 e. The van der Waals surface area contributed by atoms with Gasteiger partial charge < -0.3 is 9.32 Å². The highest BCUT2D eigenvalue weighted by molar-refractivity contribution is 5.94. The number of amides is 1. The van der Waals surface area contributed by atoms with E-state index in [0.29, 0.717) is 28.6 Å². The summed E-state index contributed by atoms with van der Waals surface area (Å²) >= 11 is 0. The zero-order valence-electron chi connectivity index (χ0n) is 19.2. The first-order chi connectivity index (χ1) is 16.0. The monoisotopic (exact) mass is 439 g/mol. The van der Waals surface area contributed by atoms with Gasteiger partial charge in [0.15, 0.2) is 5.43 Å². The Hall–Kier alpha value is -3.66. The van der Waals surface area contributed by atoms with E-state index in [9.17, 15) is 9.59 Å². The molecule has 3 aromatic carbocycles. The summed E-state index contributed by atoms with van der Waals surface area (Å²) in [5.41, 5.74) is 4.77. The molecule has 0 spiro atoms. The molecule has 4 aromatic rings. The first-order valence-electron chi connectivity index (χ1n) is 11.5. The number of hydrogen-bond acceptors (Lipinski definition) is 3. The SMILES string of the molecule is CCCCc1ccc(C(=O)N(Cc2ccccc2)Cc2coc3ccc(C)cc3c2=O)cc1. The van der Waals surface area contributed by atoms with Gasteiger partial charge >= 0.3 is 0 Å². The van der Waals surface area contributed by atoms with Crippen molar-refractivity contribution >= 4 is 16.9 Å². The van der Waals surface area contributed by atoms with Crippen LogP contribution in [0, 0.1) is 6.92 Å². The van der Waals surface area contributed by atoms with E-state index in [-0.39, 0.29) is 17.9 Å². The van der Waals surface area contributed by atoms with Gasteiger partial charge in [-0.05, 0) is 55.2 Å². The number of aryl methyl sites for hydroxylation is 2. The predicted octanol–water partition coefficient (Wildman–Crippen LogP) is 6.29. The third kappa shape index (κ3) is 5.40. The summed E-state index contributed by atoms with van der Waals surface area (Å²) in [7, 11) is 0. The minimum Gasteiger partial charge on any atom is -0.464 e. The van der Waals surface area contributed by atoms with Crippen LogP contribution in [-0.4, -0.2) is 10.8 Å². The molecule has 0 saturated heterocycles. The highest BCUT2D eigenvalue weighted by Crippen LogP contribution is 2.18. The molecular formula is C29H29NO3. The van der Waals surface area contributed by atoms with Gasteiger partial charge in [-0.1, -0.05) is 67.4 Å². The van der Waals surface area contributed by atoms with Gasteiger partial charge in [-0.3, -0.25) is 9.59 Å². The number of fused-ring (bicyclic) bond motifs is 1. The lowest BCUT2D eigenvalue weighted by molar-refractivity contribution is 0.0729. The minimum atomic E-state index is -0.107. The summed E-state index contributed by atoms with van der Waals surface area (Å²) in [5, 5.41) is 0.542. The van der Waals surface area contributed by atoms with E-state index in [4.69, 9.17) is 4.42 Å². The van der Waals surface area contributed by atoms with Gasteiger partial charge in [0, 0.05) is 12.1 Å². The second kappa shape index (κ2) is 10.3. The molecule has 168 valence electrons.